The lowest BCUT2D eigenvalue weighted by molar-refractivity contribution is -0.148. The summed E-state index contributed by atoms with van der Waals surface area (Å²) in [5.41, 5.74) is 8.97. The van der Waals surface area contributed by atoms with Gasteiger partial charge in [0, 0.05) is 39.3 Å². The molecule has 2 fully saturated rings. The molecule has 2 aliphatic rings. The number of primary amides is 2. The van der Waals surface area contributed by atoms with Gasteiger partial charge in [0.25, 0.3) is 5.91 Å². The average molecular weight is 417 g/mol. The summed E-state index contributed by atoms with van der Waals surface area (Å²) >= 11 is 0. The largest absolute Gasteiger partial charge is 0.368 e. The summed E-state index contributed by atoms with van der Waals surface area (Å²) < 4.78 is 0. The summed E-state index contributed by atoms with van der Waals surface area (Å²) in [5.74, 6) is -1.37. The highest BCUT2D eigenvalue weighted by Crippen LogP contribution is 2.44. The second kappa shape index (κ2) is 8.22. The smallest absolute Gasteiger partial charge is 0.250 e. The number of nitrogens with two attached hydrogens (primary N) is 2. The lowest BCUT2D eigenvalue weighted by atomic mass is 9.61. The summed E-state index contributed by atoms with van der Waals surface area (Å²) in [6.07, 6.45) is 1.73. The van der Waals surface area contributed by atoms with Gasteiger partial charge in [-0.05, 0) is 30.4 Å². The molecule has 0 aliphatic carbocycles. The quantitative estimate of drug-likeness (QED) is 0.578. The van der Waals surface area contributed by atoms with Crippen molar-refractivity contribution < 1.29 is 14.4 Å². The Bertz CT molecular complexity index is 838. The van der Waals surface area contributed by atoms with Crippen LogP contribution in [0.2, 0.25) is 0 Å². The lowest BCUT2D eigenvalue weighted by Crippen LogP contribution is -2.62. The molecule has 164 valence electrons. The number of piperazine rings is 1. The number of nitrogens with one attached hydrogen (secondary N) is 1. The zero-order valence-corrected chi connectivity index (χ0v) is 18.0. The van der Waals surface area contributed by atoms with Crippen molar-refractivity contribution >= 4 is 23.5 Å². The third kappa shape index (κ3) is 3.62. The Balaban J connectivity index is 2.26. The number of aromatic nitrogens is 1. The van der Waals surface area contributed by atoms with E-state index in [1.807, 2.05) is 0 Å². The molecule has 3 heterocycles. The van der Waals surface area contributed by atoms with E-state index in [1.54, 1.807) is 37.8 Å². The number of carbonyl (C=O) groups is 3. The van der Waals surface area contributed by atoms with Crippen LogP contribution in [0.1, 0.15) is 49.7 Å². The first-order valence-corrected chi connectivity index (χ1v) is 10.5. The molecule has 5 N–H and O–H groups in total. The molecule has 9 heteroatoms. The van der Waals surface area contributed by atoms with E-state index in [4.69, 9.17) is 16.5 Å². The number of pyridine rings is 1. The van der Waals surface area contributed by atoms with Crippen LogP contribution >= 0.6 is 0 Å². The summed E-state index contributed by atoms with van der Waals surface area (Å²) in [4.78, 5) is 47.7. The first kappa shape index (κ1) is 22.0. The van der Waals surface area contributed by atoms with Gasteiger partial charge in [-0.1, -0.05) is 20.8 Å². The number of amides is 3. The first-order chi connectivity index (χ1) is 14.1. The van der Waals surface area contributed by atoms with Crippen molar-refractivity contribution in [1.29, 1.82) is 0 Å². The maximum atomic E-state index is 13.8. The van der Waals surface area contributed by atoms with E-state index in [1.165, 1.54) is 0 Å². The highest BCUT2D eigenvalue weighted by Gasteiger charge is 2.59. The Labute approximate surface area is 177 Å². The molecule has 30 heavy (non-hydrogen) atoms. The number of hydrogen-bond donors (Lipinski definition) is 3. The van der Waals surface area contributed by atoms with E-state index in [-0.39, 0.29) is 11.3 Å². The van der Waals surface area contributed by atoms with E-state index in [2.05, 4.69) is 10.2 Å². The fraction of sp³-hybridized carbons (Fsp3) is 0.619. The predicted molar refractivity (Wildman–Crippen MR) is 114 cm³/mol. The van der Waals surface area contributed by atoms with E-state index in [0.717, 1.165) is 39.0 Å². The van der Waals surface area contributed by atoms with Crippen molar-refractivity contribution in [3.05, 3.63) is 23.4 Å². The molecule has 1 atom stereocenters. The van der Waals surface area contributed by atoms with Gasteiger partial charge < -0.3 is 26.6 Å². The van der Waals surface area contributed by atoms with Crippen molar-refractivity contribution in [2.24, 2.45) is 16.9 Å². The second-order valence-electron chi connectivity index (χ2n) is 9.03. The predicted octanol–water partition coefficient (Wildman–Crippen LogP) is -0.0183. The van der Waals surface area contributed by atoms with E-state index in [9.17, 15) is 14.4 Å². The molecule has 9 nitrogen and oxygen atoms in total. The molecule has 1 aromatic heterocycles. The first-order valence-electron chi connectivity index (χ1n) is 10.5. The van der Waals surface area contributed by atoms with Gasteiger partial charge in [0.1, 0.15) is 5.82 Å². The maximum Gasteiger partial charge on any atom is 0.250 e. The Hall–Kier alpha value is -2.68. The van der Waals surface area contributed by atoms with Crippen LogP contribution in [0, 0.1) is 5.41 Å². The SMILES string of the molecule is CC(C)(C)C(C(N)=O)(C(=O)N1CCCC1)c1nc(N2CCNCC2)ccc1C(N)=O. The highest BCUT2D eigenvalue weighted by molar-refractivity contribution is 6.13. The van der Waals surface area contributed by atoms with E-state index < -0.39 is 28.6 Å². The van der Waals surface area contributed by atoms with Crippen LogP contribution in [-0.2, 0) is 15.0 Å². The molecule has 1 aromatic rings. The highest BCUT2D eigenvalue weighted by atomic mass is 16.2. The number of nitrogens with zero attached hydrogens (tertiary/aromatic N) is 3. The monoisotopic (exact) mass is 416 g/mol. The van der Waals surface area contributed by atoms with Gasteiger partial charge in [0.2, 0.25) is 11.8 Å². The van der Waals surface area contributed by atoms with Gasteiger partial charge >= 0.3 is 0 Å². The average Bonchev–Trinajstić information content (AvgIpc) is 3.22. The molecule has 2 aliphatic heterocycles. The van der Waals surface area contributed by atoms with Crippen molar-refractivity contribution in [3.63, 3.8) is 0 Å². The normalized spacial score (nSPS) is 19.4. The third-order valence-corrected chi connectivity index (χ3v) is 6.15. The number of anilines is 1. The van der Waals surface area contributed by atoms with Crippen LogP contribution in [0.25, 0.3) is 0 Å². The maximum absolute atomic E-state index is 13.8. The van der Waals surface area contributed by atoms with Crippen LogP contribution in [0.5, 0.6) is 0 Å². The molecule has 0 bridgehead atoms. The molecule has 1 unspecified atom stereocenters. The van der Waals surface area contributed by atoms with Gasteiger partial charge in [-0.3, -0.25) is 14.4 Å². The molecule has 0 saturated carbocycles. The number of likely N-dealkylation sites (tertiary alicyclic amines) is 1. The lowest BCUT2D eigenvalue weighted by Gasteiger charge is -2.43. The third-order valence-electron chi connectivity index (χ3n) is 6.15. The van der Waals surface area contributed by atoms with Gasteiger partial charge in [0.15, 0.2) is 5.41 Å². The number of hydrogen-bond acceptors (Lipinski definition) is 6. The van der Waals surface area contributed by atoms with E-state index in [0.29, 0.717) is 18.9 Å². The van der Waals surface area contributed by atoms with Gasteiger partial charge in [0.05, 0.1) is 11.3 Å². The fourth-order valence-electron chi connectivity index (χ4n) is 4.53. The number of rotatable bonds is 5. The summed E-state index contributed by atoms with van der Waals surface area (Å²) in [6.45, 7) is 9.45. The van der Waals surface area contributed by atoms with Gasteiger partial charge in [-0.2, -0.15) is 0 Å². The zero-order valence-electron chi connectivity index (χ0n) is 18.0. The van der Waals surface area contributed by atoms with Gasteiger partial charge in [-0.25, -0.2) is 4.98 Å². The molecule has 0 radical (unpaired) electrons. The minimum absolute atomic E-state index is 0.0511. The summed E-state index contributed by atoms with van der Waals surface area (Å²) in [5, 5.41) is 3.28. The Morgan fingerprint density at radius 1 is 1.00 bits per heavy atom. The minimum Gasteiger partial charge on any atom is -0.368 e. The summed E-state index contributed by atoms with van der Waals surface area (Å²) in [6, 6.07) is 3.27. The fourth-order valence-corrected chi connectivity index (χ4v) is 4.53. The van der Waals surface area contributed by atoms with E-state index >= 15 is 0 Å². The van der Waals surface area contributed by atoms with Crippen molar-refractivity contribution in [2.75, 3.05) is 44.2 Å². The number of carbonyl (C=O) groups excluding carboxylic acids is 3. The molecule has 3 amide bonds. The summed E-state index contributed by atoms with van der Waals surface area (Å²) in [7, 11) is 0. The van der Waals surface area contributed by atoms with Crippen LogP contribution in [-0.4, -0.2) is 66.9 Å². The van der Waals surface area contributed by atoms with Crippen molar-refractivity contribution in [3.8, 4) is 0 Å². The topological polar surface area (TPSA) is 135 Å². The van der Waals surface area contributed by atoms with Crippen molar-refractivity contribution in [1.82, 2.24) is 15.2 Å². The van der Waals surface area contributed by atoms with Crippen LogP contribution in [0.15, 0.2) is 12.1 Å². The Morgan fingerprint density at radius 3 is 2.10 bits per heavy atom. The second-order valence-corrected chi connectivity index (χ2v) is 9.03. The zero-order chi connectivity index (χ0) is 22.1. The molecule has 3 rings (SSSR count). The van der Waals surface area contributed by atoms with Crippen LogP contribution < -0.4 is 21.7 Å². The minimum atomic E-state index is -1.81. The van der Waals surface area contributed by atoms with Crippen LogP contribution in [0.3, 0.4) is 0 Å². The molecular weight excluding hydrogens is 384 g/mol. The molecule has 0 aromatic carbocycles. The Morgan fingerprint density at radius 2 is 1.60 bits per heavy atom. The van der Waals surface area contributed by atoms with Gasteiger partial charge in [-0.15, -0.1) is 0 Å². The Kier molecular flexibility index (Phi) is 6.03. The standard InChI is InChI=1S/C21H32N6O3/c1-20(2,3)21(18(23)29,19(30)27-10-4-5-11-27)16-14(17(22)28)6-7-15(25-16)26-12-8-24-9-13-26/h6-7,24H,4-5,8-13H2,1-3H3,(H2,22,28)(H2,23,29). The molecule has 2 saturated heterocycles. The van der Waals surface area contributed by atoms with Crippen molar-refractivity contribution in [2.45, 2.75) is 39.0 Å². The molecule has 0 spiro atoms. The molecular formula is C21H32N6O3. The van der Waals surface area contributed by atoms with Crippen LogP contribution in [0.4, 0.5) is 5.82 Å².